The normalized spacial score (nSPS) is 16.9. The number of allylic oxidation sites excluding steroid dienone is 10. The Bertz CT molecular complexity index is 462. The van der Waals surface area contributed by atoms with E-state index in [4.69, 9.17) is 5.11 Å². The lowest BCUT2D eigenvalue weighted by molar-refractivity contribution is -0.328. The standard InChI is InChI=1S/C14H16N2O4/c17-14(18)16-12-10-8-6-4-2-1-3-5-7-9-11-13-19-20-15-16/h1-11,13,15H,12H2,(H,17,18). The lowest BCUT2D eigenvalue weighted by atomic mass is 10.3. The minimum absolute atomic E-state index is 0.107. The van der Waals surface area contributed by atoms with E-state index in [0.29, 0.717) is 0 Å². The van der Waals surface area contributed by atoms with Crippen LogP contribution in [0.2, 0.25) is 0 Å². The lowest BCUT2D eigenvalue weighted by Crippen LogP contribution is -2.41. The summed E-state index contributed by atoms with van der Waals surface area (Å²) in [6.07, 6.45) is 19.7. The zero-order valence-corrected chi connectivity index (χ0v) is 10.8. The van der Waals surface area contributed by atoms with Gasteiger partial charge in [0.1, 0.15) is 6.26 Å². The Morgan fingerprint density at radius 1 is 0.950 bits per heavy atom. The summed E-state index contributed by atoms with van der Waals surface area (Å²) in [5.74, 6) is 0. The van der Waals surface area contributed by atoms with Crippen LogP contribution in [0.5, 0.6) is 0 Å². The average Bonchev–Trinajstić information content (AvgIpc) is 2.43. The molecular formula is C14H16N2O4. The van der Waals surface area contributed by atoms with Crippen LogP contribution in [0.25, 0.3) is 0 Å². The van der Waals surface area contributed by atoms with Crippen LogP contribution in [0.3, 0.4) is 0 Å². The van der Waals surface area contributed by atoms with E-state index in [1.165, 1.54) is 6.26 Å². The van der Waals surface area contributed by atoms with Crippen LogP contribution in [-0.2, 0) is 9.88 Å². The number of rotatable bonds is 0. The number of nitrogens with one attached hydrogen (secondary N) is 1. The van der Waals surface area contributed by atoms with Crippen molar-refractivity contribution in [2.45, 2.75) is 0 Å². The highest BCUT2D eigenvalue weighted by Crippen LogP contribution is 1.90. The third kappa shape index (κ3) is 7.70. The molecule has 0 unspecified atom stereocenters. The van der Waals surface area contributed by atoms with Crippen LogP contribution < -0.4 is 5.59 Å². The molecule has 0 aromatic rings. The highest BCUT2D eigenvalue weighted by molar-refractivity contribution is 5.64. The van der Waals surface area contributed by atoms with Crippen LogP contribution in [0.15, 0.2) is 73.1 Å². The fraction of sp³-hybridized carbons (Fsp3) is 0.0714. The van der Waals surface area contributed by atoms with Crippen LogP contribution >= 0.6 is 0 Å². The Morgan fingerprint density at radius 2 is 1.50 bits per heavy atom. The lowest BCUT2D eigenvalue weighted by Gasteiger charge is -2.15. The van der Waals surface area contributed by atoms with E-state index in [2.05, 4.69) is 15.5 Å². The van der Waals surface area contributed by atoms with Crippen LogP contribution in [0, 0.1) is 0 Å². The summed E-state index contributed by atoms with van der Waals surface area (Å²) < 4.78 is 0. The Balaban J connectivity index is 2.64. The molecule has 0 spiro atoms. The van der Waals surface area contributed by atoms with E-state index in [9.17, 15) is 4.79 Å². The summed E-state index contributed by atoms with van der Waals surface area (Å²) in [4.78, 5) is 20.0. The van der Waals surface area contributed by atoms with E-state index < -0.39 is 6.09 Å². The molecule has 0 bridgehead atoms. The van der Waals surface area contributed by atoms with Gasteiger partial charge in [0.05, 0.1) is 6.54 Å². The van der Waals surface area contributed by atoms with Crippen molar-refractivity contribution in [2.24, 2.45) is 0 Å². The molecule has 2 N–H and O–H groups in total. The monoisotopic (exact) mass is 276 g/mol. The molecule has 0 saturated heterocycles. The summed E-state index contributed by atoms with van der Waals surface area (Å²) in [6.45, 7) is 0.107. The van der Waals surface area contributed by atoms with Crippen molar-refractivity contribution in [1.29, 1.82) is 0 Å². The molecule has 0 radical (unpaired) electrons. The Labute approximate surface area is 117 Å². The molecule has 6 nitrogen and oxygen atoms in total. The van der Waals surface area contributed by atoms with E-state index in [-0.39, 0.29) is 6.54 Å². The van der Waals surface area contributed by atoms with Crippen LogP contribution in [-0.4, -0.2) is 22.8 Å². The molecule has 1 amide bonds. The molecule has 1 rings (SSSR count). The molecule has 106 valence electrons. The number of hydrogen-bond donors (Lipinski definition) is 2. The van der Waals surface area contributed by atoms with Crippen molar-refractivity contribution in [2.75, 3.05) is 6.54 Å². The number of amides is 1. The Kier molecular flexibility index (Phi) is 8.02. The summed E-state index contributed by atoms with van der Waals surface area (Å²) in [5.41, 5.74) is 2.15. The summed E-state index contributed by atoms with van der Waals surface area (Å²) >= 11 is 0. The van der Waals surface area contributed by atoms with Crippen molar-refractivity contribution >= 4 is 6.09 Å². The van der Waals surface area contributed by atoms with Gasteiger partial charge in [-0.2, -0.15) is 0 Å². The molecule has 0 atom stereocenters. The van der Waals surface area contributed by atoms with Gasteiger partial charge in [0, 0.05) is 0 Å². The predicted octanol–water partition coefficient (Wildman–Crippen LogP) is 2.64. The van der Waals surface area contributed by atoms with Gasteiger partial charge in [-0.25, -0.2) is 9.80 Å². The van der Waals surface area contributed by atoms with Gasteiger partial charge in [-0.15, -0.1) is 0 Å². The topological polar surface area (TPSA) is 71.0 Å². The first kappa shape index (κ1) is 15.5. The van der Waals surface area contributed by atoms with Gasteiger partial charge in [0.2, 0.25) is 0 Å². The Hall–Kier alpha value is -2.57. The van der Waals surface area contributed by atoms with Crippen molar-refractivity contribution < 1.29 is 19.8 Å². The first-order valence-electron chi connectivity index (χ1n) is 5.87. The quantitative estimate of drug-likeness (QED) is 0.665. The van der Waals surface area contributed by atoms with E-state index in [0.717, 1.165) is 5.01 Å². The van der Waals surface area contributed by atoms with Crippen molar-refractivity contribution in [3.8, 4) is 0 Å². The highest BCUT2D eigenvalue weighted by Gasteiger charge is 2.09. The van der Waals surface area contributed by atoms with E-state index in [1.54, 1.807) is 30.4 Å². The Morgan fingerprint density at radius 3 is 2.10 bits per heavy atom. The number of nitrogens with zero attached hydrogens (tertiary/aromatic N) is 1. The van der Waals surface area contributed by atoms with Crippen LogP contribution in [0.4, 0.5) is 4.79 Å². The highest BCUT2D eigenvalue weighted by atomic mass is 17.3. The third-order valence-electron chi connectivity index (χ3n) is 1.98. The molecule has 1 aliphatic rings. The molecule has 20 heavy (non-hydrogen) atoms. The minimum atomic E-state index is -1.19. The van der Waals surface area contributed by atoms with Gasteiger partial charge < -0.3 is 9.99 Å². The van der Waals surface area contributed by atoms with Gasteiger partial charge in [-0.05, 0) is 6.08 Å². The summed E-state index contributed by atoms with van der Waals surface area (Å²) in [7, 11) is 0. The van der Waals surface area contributed by atoms with Crippen molar-refractivity contribution in [3.63, 3.8) is 0 Å². The fourth-order valence-electron chi connectivity index (χ4n) is 1.08. The second-order valence-electron chi connectivity index (χ2n) is 3.46. The maximum atomic E-state index is 10.9. The molecule has 0 aromatic heterocycles. The second-order valence-corrected chi connectivity index (χ2v) is 3.46. The van der Waals surface area contributed by atoms with Gasteiger partial charge in [0.25, 0.3) is 0 Å². The van der Waals surface area contributed by atoms with Crippen molar-refractivity contribution in [1.82, 2.24) is 10.6 Å². The second kappa shape index (κ2) is 10.4. The number of hydrogen-bond acceptors (Lipinski definition) is 4. The average molecular weight is 276 g/mol. The van der Waals surface area contributed by atoms with Gasteiger partial charge >= 0.3 is 6.09 Å². The molecule has 0 saturated carbocycles. The molecule has 0 aromatic carbocycles. The summed E-state index contributed by atoms with van der Waals surface area (Å²) in [5, 5.41) is 9.71. The van der Waals surface area contributed by atoms with Crippen LogP contribution in [0.1, 0.15) is 0 Å². The number of carboxylic acid groups (broad SMARTS) is 1. The molecule has 1 heterocycles. The molecule has 0 fully saturated rings. The zero-order chi connectivity index (χ0) is 14.5. The van der Waals surface area contributed by atoms with E-state index >= 15 is 0 Å². The first-order chi connectivity index (χ1) is 9.80. The smallest absolute Gasteiger partial charge is 0.424 e. The molecular weight excluding hydrogens is 260 g/mol. The summed E-state index contributed by atoms with van der Waals surface area (Å²) in [6, 6.07) is 0. The van der Waals surface area contributed by atoms with Gasteiger partial charge in [-0.1, -0.05) is 71.3 Å². The minimum Gasteiger partial charge on any atom is -0.464 e. The first-order valence-corrected chi connectivity index (χ1v) is 5.87. The maximum absolute atomic E-state index is 10.9. The third-order valence-corrected chi connectivity index (χ3v) is 1.98. The van der Waals surface area contributed by atoms with E-state index in [1.807, 2.05) is 36.5 Å². The molecule has 6 heteroatoms. The molecule has 1 aliphatic heterocycles. The fourth-order valence-corrected chi connectivity index (χ4v) is 1.08. The zero-order valence-electron chi connectivity index (χ0n) is 10.8. The number of carbonyl (C=O) groups is 1. The largest absolute Gasteiger partial charge is 0.464 e. The maximum Gasteiger partial charge on any atom is 0.424 e. The van der Waals surface area contributed by atoms with Gasteiger partial charge in [0.15, 0.2) is 0 Å². The number of hydrazine groups is 1. The van der Waals surface area contributed by atoms with Gasteiger partial charge in [-0.3, -0.25) is 0 Å². The molecule has 0 aliphatic carbocycles. The SMILES string of the molecule is O=C(O)N1CC=CC=CC=CC=CC=CC=COON1. The predicted molar refractivity (Wildman–Crippen MR) is 74.9 cm³/mol. The van der Waals surface area contributed by atoms with Crippen molar-refractivity contribution in [3.05, 3.63) is 73.1 Å².